The van der Waals surface area contributed by atoms with Gasteiger partial charge in [0.15, 0.2) is 0 Å². The summed E-state index contributed by atoms with van der Waals surface area (Å²) in [5.41, 5.74) is 0. The molecule has 2 amide bonds. The first-order valence-corrected chi connectivity index (χ1v) is 8.72. The molecule has 176 valence electrons. The Labute approximate surface area is 183 Å². The average molecular weight is 429 g/mol. The summed E-state index contributed by atoms with van der Waals surface area (Å²) in [5.74, 6) is 3.24. The van der Waals surface area contributed by atoms with Crippen molar-refractivity contribution in [3.05, 3.63) is 11.8 Å². The quantitative estimate of drug-likeness (QED) is 0.720. The van der Waals surface area contributed by atoms with Gasteiger partial charge in [-0.1, -0.05) is 50.5 Å². The second kappa shape index (κ2) is 17.3. The lowest BCUT2D eigenvalue weighted by molar-refractivity contribution is -0.124. The SMILES string of the molecule is C.C.C.C.CCC1=NC(=O)CN1C.CCC1=NCC(=O)N1C.CCc1nnc(C)o1. The van der Waals surface area contributed by atoms with Crippen molar-refractivity contribution in [3.63, 3.8) is 0 Å². The number of hydrogen-bond donors (Lipinski definition) is 0. The van der Waals surface area contributed by atoms with Crippen LogP contribution in [0.4, 0.5) is 0 Å². The molecule has 3 rings (SSSR count). The smallest absolute Gasteiger partial charge is 0.266 e. The first-order chi connectivity index (χ1) is 12.3. The summed E-state index contributed by atoms with van der Waals surface area (Å²) in [5, 5.41) is 7.39. The highest BCUT2D eigenvalue weighted by Gasteiger charge is 2.18. The van der Waals surface area contributed by atoms with E-state index in [1.165, 1.54) is 0 Å². The van der Waals surface area contributed by atoms with Crippen LogP contribution in [0, 0.1) is 6.92 Å². The number of aryl methyl sites for hydroxylation is 2. The molecule has 2 aliphatic rings. The average Bonchev–Trinajstić information content (AvgIpc) is 3.28. The van der Waals surface area contributed by atoms with Gasteiger partial charge in [-0.2, -0.15) is 4.99 Å². The summed E-state index contributed by atoms with van der Waals surface area (Å²) in [4.78, 5) is 32.6. The molecule has 0 saturated carbocycles. The van der Waals surface area contributed by atoms with Crippen molar-refractivity contribution >= 4 is 23.5 Å². The Bertz CT molecular complexity index is 682. The van der Waals surface area contributed by atoms with E-state index >= 15 is 0 Å². The molecule has 0 atom stereocenters. The second-order valence-corrected chi connectivity index (χ2v) is 5.74. The molecule has 9 heteroatoms. The highest BCUT2D eigenvalue weighted by Crippen LogP contribution is 2.02. The van der Waals surface area contributed by atoms with E-state index < -0.39 is 0 Å². The lowest BCUT2D eigenvalue weighted by Crippen LogP contribution is -2.27. The van der Waals surface area contributed by atoms with Crippen molar-refractivity contribution in [2.75, 3.05) is 27.2 Å². The predicted octanol–water partition coefficient (Wildman–Crippen LogP) is 4.02. The van der Waals surface area contributed by atoms with E-state index in [0.29, 0.717) is 24.9 Å². The molecule has 30 heavy (non-hydrogen) atoms. The highest BCUT2D eigenvalue weighted by molar-refractivity contribution is 6.03. The third kappa shape index (κ3) is 10.8. The van der Waals surface area contributed by atoms with Crippen molar-refractivity contribution < 1.29 is 14.0 Å². The summed E-state index contributed by atoms with van der Waals surface area (Å²) in [6, 6.07) is 0. The van der Waals surface area contributed by atoms with Gasteiger partial charge in [-0.25, -0.2) is 0 Å². The van der Waals surface area contributed by atoms with Crippen LogP contribution in [0.5, 0.6) is 0 Å². The van der Waals surface area contributed by atoms with Crippen molar-refractivity contribution in [1.29, 1.82) is 0 Å². The minimum atomic E-state index is -0.0191. The van der Waals surface area contributed by atoms with E-state index in [1.807, 2.05) is 32.7 Å². The van der Waals surface area contributed by atoms with Crippen LogP contribution in [0.3, 0.4) is 0 Å². The lowest BCUT2D eigenvalue weighted by Gasteiger charge is -2.08. The number of aliphatic imine (C=N–C) groups is 2. The van der Waals surface area contributed by atoms with Crippen LogP contribution in [0.1, 0.15) is 75.1 Å². The van der Waals surface area contributed by atoms with Gasteiger partial charge in [-0.3, -0.25) is 14.6 Å². The van der Waals surface area contributed by atoms with Gasteiger partial charge in [0.25, 0.3) is 5.91 Å². The Balaban J connectivity index is -0.000000159. The Morgan fingerprint density at radius 1 is 0.900 bits per heavy atom. The van der Waals surface area contributed by atoms with Crippen LogP contribution >= 0.6 is 0 Å². The molecule has 0 saturated heterocycles. The number of hydrogen-bond acceptors (Lipinski definition) is 7. The van der Waals surface area contributed by atoms with Gasteiger partial charge in [0.1, 0.15) is 24.8 Å². The van der Waals surface area contributed by atoms with Crippen molar-refractivity contribution in [1.82, 2.24) is 20.0 Å². The topological polar surface area (TPSA) is 104 Å². The van der Waals surface area contributed by atoms with Crippen LogP contribution in [0.25, 0.3) is 0 Å². The normalized spacial score (nSPS) is 13.8. The minimum absolute atomic E-state index is 0. The van der Waals surface area contributed by atoms with Gasteiger partial charge < -0.3 is 14.2 Å². The van der Waals surface area contributed by atoms with E-state index in [9.17, 15) is 9.59 Å². The molecule has 3 heterocycles. The first kappa shape index (κ1) is 34.9. The number of nitrogens with zero attached hydrogens (tertiary/aromatic N) is 6. The largest absolute Gasteiger partial charge is 0.426 e. The van der Waals surface area contributed by atoms with Crippen LogP contribution in [-0.4, -0.2) is 70.7 Å². The molecule has 0 unspecified atom stereocenters. The first-order valence-electron chi connectivity index (χ1n) is 8.72. The lowest BCUT2D eigenvalue weighted by atomic mass is 10.4. The van der Waals surface area contributed by atoms with Crippen LogP contribution in [0.15, 0.2) is 14.4 Å². The molecule has 1 aromatic heterocycles. The molecule has 0 N–H and O–H groups in total. The molecule has 2 aliphatic heterocycles. The fraction of sp³-hybridized carbons (Fsp3) is 0.714. The molecular formula is C21H44N6O3. The molecule has 9 nitrogen and oxygen atoms in total. The van der Waals surface area contributed by atoms with Gasteiger partial charge >= 0.3 is 0 Å². The molecular weight excluding hydrogens is 384 g/mol. The van der Waals surface area contributed by atoms with E-state index in [0.717, 1.165) is 30.9 Å². The minimum Gasteiger partial charge on any atom is -0.426 e. The van der Waals surface area contributed by atoms with Gasteiger partial charge in [0.2, 0.25) is 17.7 Å². The zero-order chi connectivity index (χ0) is 19.7. The van der Waals surface area contributed by atoms with Crippen LogP contribution < -0.4 is 0 Å². The van der Waals surface area contributed by atoms with Crippen molar-refractivity contribution in [2.45, 2.75) is 76.7 Å². The summed E-state index contributed by atoms with van der Waals surface area (Å²) in [6.07, 6.45) is 2.52. The third-order valence-electron chi connectivity index (χ3n) is 3.73. The molecule has 1 aromatic rings. The standard InChI is InChI=1S/2C6H10N2O.C5H8N2O.4CH4/c1-3-5-7-6(9)4-8(5)2;1-3-5-7-4-6(9)8(5)2;1-3-5-7-6-4(2)8-5;;;;/h2*3-4H2,1-2H3;3H2,1-2H3;4*1H4. The summed E-state index contributed by atoms with van der Waals surface area (Å²) in [6.45, 7) is 8.56. The molecule has 0 bridgehead atoms. The van der Waals surface area contributed by atoms with E-state index in [2.05, 4.69) is 20.2 Å². The number of aromatic nitrogens is 2. The fourth-order valence-electron chi connectivity index (χ4n) is 2.25. The number of carbonyl (C=O) groups excluding carboxylic acids is 2. The monoisotopic (exact) mass is 428 g/mol. The molecule has 0 spiro atoms. The molecule has 0 aromatic carbocycles. The number of amidine groups is 2. The third-order valence-corrected chi connectivity index (χ3v) is 3.73. The molecule has 0 radical (unpaired) electrons. The predicted molar refractivity (Wildman–Crippen MR) is 126 cm³/mol. The van der Waals surface area contributed by atoms with Crippen molar-refractivity contribution in [2.24, 2.45) is 9.98 Å². The van der Waals surface area contributed by atoms with Crippen LogP contribution in [-0.2, 0) is 16.0 Å². The van der Waals surface area contributed by atoms with Gasteiger partial charge in [-0.05, 0) is 0 Å². The fourth-order valence-corrected chi connectivity index (χ4v) is 2.25. The number of amides is 2. The Morgan fingerprint density at radius 3 is 1.67 bits per heavy atom. The maximum Gasteiger partial charge on any atom is 0.266 e. The summed E-state index contributed by atoms with van der Waals surface area (Å²) < 4.78 is 5.01. The zero-order valence-electron chi connectivity index (χ0n) is 16.4. The van der Waals surface area contributed by atoms with E-state index in [4.69, 9.17) is 4.42 Å². The van der Waals surface area contributed by atoms with Crippen molar-refractivity contribution in [3.8, 4) is 0 Å². The second-order valence-electron chi connectivity index (χ2n) is 5.74. The number of carbonyl (C=O) groups is 2. The summed E-state index contributed by atoms with van der Waals surface area (Å²) >= 11 is 0. The number of likely N-dealkylation sites (N-methyl/N-ethyl adjacent to an activating group) is 2. The number of rotatable bonds is 3. The maximum absolute atomic E-state index is 10.8. The van der Waals surface area contributed by atoms with Gasteiger partial charge in [0.05, 0.1) is 0 Å². The van der Waals surface area contributed by atoms with E-state index in [-0.39, 0.29) is 41.5 Å². The summed E-state index contributed by atoms with van der Waals surface area (Å²) in [7, 11) is 3.64. The molecule has 0 fully saturated rings. The van der Waals surface area contributed by atoms with Gasteiger partial charge in [-0.15, -0.1) is 10.2 Å². The van der Waals surface area contributed by atoms with E-state index in [1.54, 1.807) is 18.9 Å². The Morgan fingerprint density at radius 2 is 1.47 bits per heavy atom. The molecule has 0 aliphatic carbocycles. The Kier molecular flexibility index (Phi) is 20.1. The van der Waals surface area contributed by atoms with Gasteiger partial charge in [0, 0.05) is 40.3 Å². The zero-order valence-corrected chi connectivity index (χ0v) is 16.4. The maximum atomic E-state index is 10.8. The Hall–Kier alpha value is -2.58. The van der Waals surface area contributed by atoms with Crippen LogP contribution in [0.2, 0.25) is 0 Å². The highest BCUT2D eigenvalue weighted by atomic mass is 16.4.